The van der Waals surface area contributed by atoms with Gasteiger partial charge in [0, 0.05) is 18.2 Å². The predicted molar refractivity (Wildman–Crippen MR) is 74.6 cm³/mol. The first kappa shape index (κ1) is 14.2. The molecule has 1 amide bonds. The van der Waals surface area contributed by atoms with E-state index in [4.69, 9.17) is 5.84 Å². The van der Waals surface area contributed by atoms with Crippen molar-refractivity contribution in [3.63, 3.8) is 0 Å². The highest BCUT2D eigenvalue weighted by Crippen LogP contribution is 2.28. The Hall–Kier alpha value is -1.73. The van der Waals surface area contributed by atoms with Crippen LogP contribution in [0.25, 0.3) is 0 Å². The van der Waals surface area contributed by atoms with Gasteiger partial charge in [-0.1, -0.05) is 0 Å². The second kappa shape index (κ2) is 5.57. The first-order valence-corrected chi connectivity index (χ1v) is 7.07. The quantitative estimate of drug-likeness (QED) is 0.576. The summed E-state index contributed by atoms with van der Waals surface area (Å²) in [6, 6.07) is 2.04. The van der Waals surface area contributed by atoms with Gasteiger partial charge in [-0.25, -0.2) is 8.78 Å². The van der Waals surface area contributed by atoms with E-state index >= 15 is 0 Å². The minimum Gasteiger partial charge on any atom is -0.348 e. The maximum absolute atomic E-state index is 13.6. The van der Waals surface area contributed by atoms with Gasteiger partial charge >= 0.3 is 0 Å². The zero-order valence-corrected chi connectivity index (χ0v) is 11.5. The summed E-state index contributed by atoms with van der Waals surface area (Å²) in [7, 11) is 0. The Morgan fingerprint density at radius 2 is 1.86 bits per heavy atom. The molecule has 0 aromatic heterocycles. The number of hydrogen-bond donors (Lipinski definition) is 3. The molecule has 3 fully saturated rings. The summed E-state index contributed by atoms with van der Waals surface area (Å²) in [5.74, 6) is 3.28. The van der Waals surface area contributed by atoms with Crippen molar-refractivity contribution in [3.05, 3.63) is 29.3 Å². The van der Waals surface area contributed by atoms with Crippen LogP contribution in [0, 0.1) is 17.6 Å². The molecule has 0 saturated carbocycles. The first-order valence-electron chi connectivity index (χ1n) is 7.07. The van der Waals surface area contributed by atoms with E-state index < -0.39 is 23.2 Å². The van der Waals surface area contributed by atoms with E-state index in [1.165, 1.54) is 0 Å². The molecule has 21 heavy (non-hydrogen) atoms. The monoisotopic (exact) mass is 296 g/mol. The average molecular weight is 296 g/mol. The highest BCUT2D eigenvalue weighted by molar-refractivity contribution is 5.94. The number of carbonyl (C=O) groups is 1. The summed E-state index contributed by atoms with van der Waals surface area (Å²) >= 11 is 0. The van der Waals surface area contributed by atoms with Gasteiger partial charge in [-0.15, -0.1) is 0 Å². The Labute approximate surface area is 121 Å². The van der Waals surface area contributed by atoms with Crippen molar-refractivity contribution in [3.8, 4) is 0 Å². The largest absolute Gasteiger partial charge is 0.348 e. The minimum absolute atomic E-state index is 0.0274. The van der Waals surface area contributed by atoms with E-state index in [9.17, 15) is 13.6 Å². The number of nitrogens with one attached hydrogen (secondary N) is 2. The van der Waals surface area contributed by atoms with Crippen molar-refractivity contribution >= 4 is 11.6 Å². The number of hydrogen-bond acceptors (Lipinski definition) is 4. The molecule has 4 N–H and O–H groups in total. The van der Waals surface area contributed by atoms with Gasteiger partial charge in [0.15, 0.2) is 11.6 Å². The van der Waals surface area contributed by atoms with Gasteiger partial charge in [0.05, 0.1) is 0 Å². The van der Waals surface area contributed by atoms with Crippen LogP contribution in [0.1, 0.15) is 23.2 Å². The molecule has 114 valence electrons. The van der Waals surface area contributed by atoms with Gasteiger partial charge in [-0.2, -0.15) is 0 Å². The molecule has 0 spiro atoms. The smallest absolute Gasteiger partial charge is 0.251 e. The second-order valence-corrected chi connectivity index (χ2v) is 5.68. The molecular formula is C14H18F2N4O. The number of piperidine rings is 3. The molecule has 1 unspecified atom stereocenters. The lowest BCUT2D eigenvalue weighted by Gasteiger charge is -2.44. The number of amides is 1. The molecule has 2 bridgehead atoms. The van der Waals surface area contributed by atoms with Crippen LogP contribution in [0.3, 0.4) is 0 Å². The van der Waals surface area contributed by atoms with Gasteiger partial charge in [0.25, 0.3) is 5.91 Å². The van der Waals surface area contributed by atoms with Gasteiger partial charge in [-0.05, 0) is 44.0 Å². The number of carbonyl (C=O) groups excluding carboxylic acids is 1. The molecule has 3 heterocycles. The summed E-state index contributed by atoms with van der Waals surface area (Å²) in [6.45, 7) is 2.94. The van der Waals surface area contributed by atoms with E-state index in [2.05, 4.69) is 10.2 Å². The van der Waals surface area contributed by atoms with Crippen LogP contribution in [0.5, 0.6) is 0 Å². The number of rotatable bonds is 3. The van der Waals surface area contributed by atoms with Crippen LogP contribution < -0.4 is 16.6 Å². The Balaban J connectivity index is 1.74. The van der Waals surface area contributed by atoms with Crippen molar-refractivity contribution in [1.29, 1.82) is 0 Å². The molecule has 5 nitrogen and oxygen atoms in total. The molecule has 1 atom stereocenters. The standard InChI is InChI=1S/C14H18F2N4O/c15-10-5-9(6-11(16)13(10)19-17)14(21)18-12-7-20-3-1-8(12)2-4-20/h5-6,8,12,19H,1-4,7,17H2,(H,18,21). The maximum Gasteiger partial charge on any atom is 0.251 e. The van der Waals surface area contributed by atoms with Crippen LogP contribution in [0.4, 0.5) is 14.5 Å². The molecule has 1 aromatic carbocycles. The van der Waals surface area contributed by atoms with Gasteiger partial charge in [-0.3, -0.25) is 10.6 Å². The number of anilines is 1. The predicted octanol–water partition coefficient (Wildman–Crippen LogP) is 1.07. The van der Waals surface area contributed by atoms with Gasteiger partial charge in [0.2, 0.25) is 0 Å². The summed E-state index contributed by atoms with van der Waals surface area (Å²) in [5, 5.41) is 2.89. The zero-order chi connectivity index (χ0) is 15.0. The van der Waals surface area contributed by atoms with E-state index in [-0.39, 0.29) is 11.6 Å². The first-order chi connectivity index (χ1) is 10.1. The topological polar surface area (TPSA) is 70.4 Å². The lowest BCUT2D eigenvalue weighted by molar-refractivity contribution is 0.0620. The summed E-state index contributed by atoms with van der Waals surface area (Å²) < 4.78 is 27.3. The van der Waals surface area contributed by atoms with Crippen LogP contribution >= 0.6 is 0 Å². The highest BCUT2D eigenvalue weighted by Gasteiger charge is 2.35. The molecule has 4 rings (SSSR count). The second-order valence-electron chi connectivity index (χ2n) is 5.68. The van der Waals surface area contributed by atoms with E-state index in [1.54, 1.807) is 0 Å². The van der Waals surface area contributed by atoms with Crippen LogP contribution in [0.2, 0.25) is 0 Å². The number of benzene rings is 1. The number of nitrogens with two attached hydrogens (primary N) is 1. The third-order valence-corrected chi connectivity index (χ3v) is 4.42. The lowest BCUT2D eigenvalue weighted by atomic mass is 9.84. The van der Waals surface area contributed by atoms with Crippen molar-refractivity contribution in [2.75, 3.05) is 25.1 Å². The number of halogens is 2. The third kappa shape index (κ3) is 2.71. The number of nitrogen functional groups attached to an aromatic ring is 1. The Morgan fingerprint density at radius 1 is 1.24 bits per heavy atom. The fourth-order valence-electron chi connectivity index (χ4n) is 3.22. The number of nitrogens with zero attached hydrogens (tertiary/aromatic N) is 1. The van der Waals surface area contributed by atoms with E-state index in [1.807, 2.05) is 5.43 Å². The molecule has 3 saturated heterocycles. The number of fused-ring (bicyclic) bond motifs is 3. The fourth-order valence-corrected chi connectivity index (χ4v) is 3.22. The minimum atomic E-state index is -0.878. The van der Waals surface area contributed by atoms with E-state index in [0.29, 0.717) is 5.92 Å². The van der Waals surface area contributed by atoms with E-state index in [0.717, 1.165) is 44.6 Å². The van der Waals surface area contributed by atoms with Crippen molar-refractivity contribution < 1.29 is 13.6 Å². The molecule has 0 radical (unpaired) electrons. The molecule has 3 aliphatic rings. The summed E-state index contributed by atoms with van der Waals surface area (Å²) in [4.78, 5) is 14.5. The van der Waals surface area contributed by atoms with Crippen LogP contribution in [-0.4, -0.2) is 36.5 Å². The molecule has 1 aromatic rings. The third-order valence-electron chi connectivity index (χ3n) is 4.42. The Morgan fingerprint density at radius 3 is 2.33 bits per heavy atom. The normalized spacial score (nSPS) is 27.5. The highest BCUT2D eigenvalue weighted by atomic mass is 19.1. The zero-order valence-electron chi connectivity index (χ0n) is 11.5. The van der Waals surface area contributed by atoms with Gasteiger partial charge < -0.3 is 15.6 Å². The summed E-state index contributed by atoms with van der Waals surface area (Å²) in [5.41, 5.74) is 1.48. The molecule has 3 aliphatic heterocycles. The number of hydrazine groups is 1. The lowest BCUT2D eigenvalue weighted by Crippen LogP contribution is -2.57. The Kier molecular flexibility index (Phi) is 3.77. The average Bonchev–Trinajstić information content (AvgIpc) is 2.48. The molecule has 0 aliphatic carbocycles. The van der Waals surface area contributed by atoms with Crippen LogP contribution in [0.15, 0.2) is 12.1 Å². The Bertz CT molecular complexity index is 535. The maximum atomic E-state index is 13.6. The van der Waals surface area contributed by atoms with Crippen molar-refractivity contribution in [2.45, 2.75) is 18.9 Å². The van der Waals surface area contributed by atoms with Gasteiger partial charge in [0.1, 0.15) is 5.69 Å². The molecular weight excluding hydrogens is 278 g/mol. The fraction of sp³-hybridized carbons (Fsp3) is 0.500. The van der Waals surface area contributed by atoms with Crippen molar-refractivity contribution in [1.82, 2.24) is 10.2 Å². The summed E-state index contributed by atoms with van der Waals surface area (Å²) in [6.07, 6.45) is 2.12. The SMILES string of the molecule is NNc1c(F)cc(C(=O)NC2CN3CCC2CC3)cc1F. The van der Waals surface area contributed by atoms with Crippen molar-refractivity contribution in [2.24, 2.45) is 11.8 Å². The molecule has 7 heteroatoms. The van der Waals surface area contributed by atoms with Crippen LogP contribution in [-0.2, 0) is 0 Å².